The molecule has 234 valence electrons. The quantitative estimate of drug-likeness (QED) is 0.0680. The number of rotatable bonds is 14. The smallest absolute Gasteiger partial charge is 0.407 e. The molecule has 1 aromatic carbocycles. The van der Waals surface area contributed by atoms with Gasteiger partial charge in [-0.25, -0.2) is 18.0 Å². The Kier molecular flexibility index (Phi) is 11.6. The molecule has 0 unspecified atom stereocenters. The van der Waals surface area contributed by atoms with Gasteiger partial charge in [0.2, 0.25) is 34.8 Å². The number of amides is 1. The van der Waals surface area contributed by atoms with Crippen molar-refractivity contribution in [1.29, 1.82) is 0 Å². The number of nitrogens with one attached hydrogen (secondary N) is 1. The van der Waals surface area contributed by atoms with Crippen LogP contribution in [0.15, 0.2) is 0 Å². The molecule has 0 aliphatic heterocycles. The average Bonchev–Trinajstić information content (AvgIpc) is 3.55. The first kappa shape index (κ1) is 33.6. The third kappa shape index (κ3) is 9.56. The summed E-state index contributed by atoms with van der Waals surface area (Å²) in [4.78, 5) is 24.1. The number of carbonyl (C=O) groups is 2. The summed E-state index contributed by atoms with van der Waals surface area (Å²) in [6.45, 7) is 8.08. The fourth-order valence-corrected chi connectivity index (χ4v) is 4.94. The summed E-state index contributed by atoms with van der Waals surface area (Å²) in [5.41, 5.74) is -1.34. The maximum Gasteiger partial charge on any atom is 0.407 e. The number of hydrogen-bond acceptors (Lipinski definition) is 6. The van der Waals surface area contributed by atoms with Gasteiger partial charge in [-0.2, -0.15) is 8.78 Å². The highest BCUT2D eigenvalue weighted by Gasteiger charge is 2.49. The van der Waals surface area contributed by atoms with Crippen molar-refractivity contribution in [1.82, 2.24) is 5.32 Å². The van der Waals surface area contributed by atoms with Gasteiger partial charge < -0.3 is 24.3 Å². The second kappa shape index (κ2) is 14.5. The third-order valence-corrected chi connectivity index (χ3v) is 7.62. The highest BCUT2D eigenvalue weighted by molar-refractivity contribution is 5.72. The van der Waals surface area contributed by atoms with Gasteiger partial charge in [-0.3, -0.25) is 4.79 Å². The lowest BCUT2D eigenvalue weighted by Gasteiger charge is -2.29. The number of fused-ring (bicyclic) bond motifs is 1. The molecule has 0 heterocycles. The molecule has 2 aliphatic carbocycles. The summed E-state index contributed by atoms with van der Waals surface area (Å²) in [5, 5.41) is 2.76. The number of halogens is 5. The summed E-state index contributed by atoms with van der Waals surface area (Å²) in [5.74, 6) is -6.14. The minimum absolute atomic E-state index is 0.229. The van der Waals surface area contributed by atoms with E-state index in [-0.39, 0.29) is 13.2 Å². The minimum Gasteiger partial charge on any atom is -0.449 e. The third-order valence-electron chi connectivity index (χ3n) is 7.62. The van der Waals surface area contributed by atoms with Crippen LogP contribution in [0.4, 0.5) is 26.7 Å². The summed E-state index contributed by atoms with van der Waals surface area (Å²) in [7, 11) is 0. The lowest BCUT2D eigenvalue weighted by atomic mass is 10.0. The molecule has 1 N–H and O–H groups in total. The first-order valence-corrected chi connectivity index (χ1v) is 14.1. The van der Waals surface area contributed by atoms with Crippen molar-refractivity contribution >= 4 is 12.1 Å². The summed E-state index contributed by atoms with van der Waals surface area (Å²) >= 11 is 0. The van der Waals surface area contributed by atoms with E-state index in [0.717, 1.165) is 25.7 Å². The van der Waals surface area contributed by atoms with Crippen LogP contribution in [0.1, 0.15) is 72.6 Å². The molecule has 1 aromatic rings. The van der Waals surface area contributed by atoms with Crippen LogP contribution >= 0.6 is 0 Å². The number of alkyl carbamates (subject to hydrolysis) is 1. The predicted molar refractivity (Wildman–Crippen MR) is 142 cm³/mol. The van der Waals surface area contributed by atoms with Gasteiger partial charge in [0.25, 0.3) is 0 Å². The van der Waals surface area contributed by atoms with Crippen LogP contribution in [0.5, 0.6) is 5.75 Å². The highest BCUT2D eigenvalue weighted by Crippen LogP contribution is 2.52. The van der Waals surface area contributed by atoms with Gasteiger partial charge in [0.15, 0.2) is 0 Å². The zero-order valence-electron chi connectivity index (χ0n) is 24.3. The Bertz CT molecular complexity index is 1150. The van der Waals surface area contributed by atoms with Gasteiger partial charge in [-0.05, 0) is 71.1 Å². The van der Waals surface area contributed by atoms with Crippen LogP contribution in [0, 0.1) is 58.7 Å². The number of hydrogen-bond donors (Lipinski definition) is 1. The first-order valence-electron chi connectivity index (χ1n) is 14.1. The van der Waals surface area contributed by atoms with E-state index in [0.29, 0.717) is 43.7 Å². The molecule has 0 bridgehead atoms. The predicted octanol–water partition coefficient (Wildman–Crippen LogP) is 6.21. The Morgan fingerprint density at radius 2 is 1.33 bits per heavy atom. The van der Waals surface area contributed by atoms with Crippen molar-refractivity contribution in [2.75, 3.05) is 26.4 Å². The minimum atomic E-state index is -2.35. The molecule has 3 rings (SSSR count). The Hall–Kier alpha value is -2.91. The second-order valence-corrected chi connectivity index (χ2v) is 11.8. The van der Waals surface area contributed by atoms with Crippen molar-refractivity contribution in [3.05, 3.63) is 29.1 Å². The average molecular weight is 604 g/mol. The molecule has 1 saturated carbocycles. The fraction of sp³-hybridized carbons (Fsp3) is 0.667. The summed E-state index contributed by atoms with van der Waals surface area (Å²) < 4.78 is 88.5. The topological polar surface area (TPSA) is 83.1 Å². The zero-order chi connectivity index (χ0) is 31.1. The van der Waals surface area contributed by atoms with Crippen LogP contribution < -0.4 is 10.1 Å². The number of carbonyl (C=O) groups excluding carboxylic acids is 2. The fourth-order valence-electron chi connectivity index (χ4n) is 4.94. The molecule has 0 radical (unpaired) electrons. The second-order valence-electron chi connectivity index (χ2n) is 11.8. The van der Waals surface area contributed by atoms with Gasteiger partial charge >= 0.3 is 12.1 Å². The number of esters is 1. The van der Waals surface area contributed by atoms with Crippen molar-refractivity contribution in [2.45, 2.75) is 83.8 Å². The van der Waals surface area contributed by atoms with E-state index in [1.807, 2.05) is 13.8 Å². The molecule has 0 spiro atoms. The van der Waals surface area contributed by atoms with Crippen LogP contribution in [0.2, 0.25) is 0 Å². The molecule has 0 aromatic heterocycles. The molecular weight excluding hydrogens is 565 g/mol. The molecule has 3 atom stereocenters. The van der Waals surface area contributed by atoms with Crippen molar-refractivity contribution < 1.29 is 50.5 Å². The van der Waals surface area contributed by atoms with E-state index in [9.17, 15) is 31.5 Å². The van der Waals surface area contributed by atoms with Gasteiger partial charge in [-0.15, -0.1) is 11.8 Å². The molecular formula is C30H38F5NO6. The van der Waals surface area contributed by atoms with Crippen molar-refractivity contribution in [2.24, 2.45) is 17.8 Å². The molecule has 12 heteroatoms. The lowest BCUT2D eigenvalue weighted by Crippen LogP contribution is -2.35. The van der Waals surface area contributed by atoms with E-state index in [1.54, 1.807) is 13.8 Å². The SMILES string of the molecule is CC(C)(CCNC(=O)OC[C@@H]1[C@@H]2CCC#CCC[C@@H]21)OCCC(C)(C)OCCC(=O)Oc1c(F)c(F)c(F)c(F)c1F. The molecule has 1 fully saturated rings. The van der Waals surface area contributed by atoms with E-state index in [1.165, 1.54) is 0 Å². The van der Waals surface area contributed by atoms with Gasteiger partial charge in [0.1, 0.15) is 0 Å². The van der Waals surface area contributed by atoms with Crippen LogP contribution in [0.3, 0.4) is 0 Å². The van der Waals surface area contributed by atoms with Crippen molar-refractivity contribution in [3.63, 3.8) is 0 Å². The monoisotopic (exact) mass is 603 g/mol. The Morgan fingerprint density at radius 3 is 1.93 bits per heavy atom. The van der Waals surface area contributed by atoms with Crippen LogP contribution in [0.25, 0.3) is 0 Å². The standard InChI is InChI=1S/C30H38F5NO6/c1-29(2,12-14-36-28(38)39-17-20-18-9-7-5-6-8-10-19(18)20)41-16-13-30(3,4)40-15-11-21(37)42-27-25(34)23(32)22(31)24(33)26(27)35/h18-20H,7-17H2,1-4H3,(H,36,38)/t18-,19+,20-. The highest BCUT2D eigenvalue weighted by atomic mass is 19.2. The normalized spacial score (nSPS) is 20.0. The Morgan fingerprint density at radius 1 is 0.810 bits per heavy atom. The van der Waals surface area contributed by atoms with Gasteiger partial charge in [0, 0.05) is 19.4 Å². The van der Waals surface area contributed by atoms with E-state index in [2.05, 4.69) is 21.9 Å². The molecule has 0 saturated heterocycles. The number of benzene rings is 1. The molecule has 42 heavy (non-hydrogen) atoms. The zero-order valence-corrected chi connectivity index (χ0v) is 24.3. The maximum absolute atomic E-state index is 13.7. The van der Waals surface area contributed by atoms with Crippen LogP contribution in [-0.4, -0.2) is 49.6 Å². The first-order chi connectivity index (χ1) is 19.7. The van der Waals surface area contributed by atoms with Crippen LogP contribution in [-0.2, 0) is 19.0 Å². The summed E-state index contributed by atoms with van der Waals surface area (Å²) in [6, 6.07) is 0. The van der Waals surface area contributed by atoms with Gasteiger partial charge in [-0.1, -0.05) is 0 Å². The van der Waals surface area contributed by atoms with Crippen molar-refractivity contribution in [3.8, 4) is 17.6 Å². The summed E-state index contributed by atoms with van der Waals surface area (Å²) in [6.07, 6.45) is 3.95. The van der Waals surface area contributed by atoms with Gasteiger partial charge in [0.05, 0.1) is 37.4 Å². The van der Waals surface area contributed by atoms with E-state index >= 15 is 0 Å². The van der Waals surface area contributed by atoms with E-state index in [4.69, 9.17) is 14.2 Å². The lowest BCUT2D eigenvalue weighted by molar-refractivity contribution is -0.138. The maximum atomic E-state index is 13.7. The van der Waals surface area contributed by atoms with E-state index < -0.39 is 64.5 Å². The molecule has 2 aliphatic rings. The number of ether oxygens (including phenoxy) is 4. The Balaban J connectivity index is 1.29. The largest absolute Gasteiger partial charge is 0.449 e. The Labute approximate surface area is 242 Å². The molecule has 1 amide bonds. The molecule has 7 nitrogen and oxygen atoms in total.